The lowest BCUT2D eigenvalue weighted by Crippen LogP contribution is -2.62. The number of piperidine rings is 1. The van der Waals surface area contributed by atoms with E-state index in [9.17, 15) is 13.6 Å². The average molecular weight is 373 g/mol. The first-order valence-corrected chi connectivity index (χ1v) is 9.92. The maximum atomic E-state index is 14.0. The van der Waals surface area contributed by atoms with Crippen LogP contribution < -0.4 is 5.73 Å². The van der Waals surface area contributed by atoms with Gasteiger partial charge in [0.05, 0.1) is 6.04 Å². The zero-order valence-corrected chi connectivity index (χ0v) is 16.3. The van der Waals surface area contributed by atoms with Crippen LogP contribution in [0.4, 0.5) is 13.6 Å². The fourth-order valence-corrected chi connectivity index (χ4v) is 4.92. The predicted octanol–water partition coefficient (Wildman–Crippen LogP) is 3.37. The van der Waals surface area contributed by atoms with Gasteiger partial charge in [-0.05, 0) is 59.3 Å². The van der Waals surface area contributed by atoms with Crippen molar-refractivity contribution >= 4 is 6.09 Å². The molecule has 0 unspecified atom stereocenters. The Balaban J connectivity index is 1.64. The van der Waals surface area contributed by atoms with Gasteiger partial charge in [0.1, 0.15) is 5.60 Å². The molecule has 1 saturated carbocycles. The lowest BCUT2D eigenvalue weighted by Gasteiger charge is -2.49. The molecule has 3 aliphatic rings. The molecule has 0 aromatic carbocycles. The van der Waals surface area contributed by atoms with E-state index in [1.165, 1.54) is 0 Å². The second-order valence-electron chi connectivity index (χ2n) is 9.24. The van der Waals surface area contributed by atoms with Gasteiger partial charge in [-0.2, -0.15) is 0 Å². The fraction of sp³-hybridized carbons (Fsp3) is 0.947. The lowest BCUT2D eigenvalue weighted by molar-refractivity contribution is -0.0903. The van der Waals surface area contributed by atoms with Gasteiger partial charge in [0.2, 0.25) is 0 Å². The van der Waals surface area contributed by atoms with E-state index in [1.807, 2.05) is 25.7 Å². The third-order valence-corrected chi connectivity index (χ3v) is 6.32. The van der Waals surface area contributed by atoms with Crippen molar-refractivity contribution in [2.24, 2.45) is 5.73 Å². The number of rotatable bonds is 1. The van der Waals surface area contributed by atoms with Gasteiger partial charge in [-0.25, -0.2) is 13.6 Å². The first kappa shape index (κ1) is 19.8. The van der Waals surface area contributed by atoms with Crippen molar-refractivity contribution in [1.29, 1.82) is 0 Å². The molecule has 5 nitrogen and oxygen atoms in total. The van der Waals surface area contributed by atoms with Crippen LogP contribution >= 0.6 is 0 Å². The summed E-state index contributed by atoms with van der Waals surface area (Å²) in [6.45, 7) is 7.78. The second kappa shape index (κ2) is 6.89. The van der Waals surface area contributed by atoms with Gasteiger partial charge >= 0.3 is 6.09 Å². The van der Waals surface area contributed by atoms with Crippen LogP contribution in [-0.2, 0) is 4.74 Å². The second-order valence-corrected chi connectivity index (χ2v) is 9.24. The lowest BCUT2D eigenvalue weighted by atomic mass is 9.81. The molecule has 1 aliphatic carbocycles. The van der Waals surface area contributed by atoms with Crippen LogP contribution in [0.1, 0.15) is 65.7 Å². The van der Waals surface area contributed by atoms with Gasteiger partial charge in [-0.1, -0.05) is 0 Å². The monoisotopic (exact) mass is 373 g/mol. The number of amides is 1. The van der Waals surface area contributed by atoms with Crippen LogP contribution in [0, 0.1) is 0 Å². The minimum absolute atomic E-state index is 0.102. The molecular formula is C19H33F2N3O2. The highest BCUT2D eigenvalue weighted by atomic mass is 19.3. The number of nitrogens with zero attached hydrogens (tertiary/aromatic N) is 2. The molecule has 0 aromatic rings. The summed E-state index contributed by atoms with van der Waals surface area (Å²) in [5, 5.41) is 0. The molecule has 0 radical (unpaired) electrons. The van der Waals surface area contributed by atoms with Crippen LogP contribution in [-0.4, -0.2) is 64.7 Å². The summed E-state index contributed by atoms with van der Waals surface area (Å²) in [5.74, 6) is -2.77. The molecule has 0 aromatic heterocycles. The smallest absolute Gasteiger partial charge is 0.410 e. The van der Waals surface area contributed by atoms with E-state index in [2.05, 4.69) is 4.90 Å². The first-order valence-electron chi connectivity index (χ1n) is 9.92. The van der Waals surface area contributed by atoms with E-state index in [4.69, 9.17) is 10.5 Å². The van der Waals surface area contributed by atoms with E-state index in [0.717, 1.165) is 38.6 Å². The fourth-order valence-electron chi connectivity index (χ4n) is 4.92. The van der Waals surface area contributed by atoms with E-state index < -0.39 is 17.6 Å². The van der Waals surface area contributed by atoms with Gasteiger partial charge in [0.15, 0.2) is 0 Å². The highest BCUT2D eigenvalue weighted by molar-refractivity contribution is 5.69. The summed E-state index contributed by atoms with van der Waals surface area (Å²) in [7, 11) is 0. The van der Waals surface area contributed by atoms with Gasteiger partial charge in [-0.15, -0.1) is 0 Å². The van der Waals surface area contributed by atoms with Crippen molar-refractivity contribution in [2.45, 2.75) is 94.9 Å². The summed E-state index contributed by atoms with van der Waals surface area (Å²) >= 11 is 0. The summed E-state index contributed by atoms with van der Waals surface area (Å²) < 4.78 is 33.6. The van der Waals surface area contributed by atoms with Crippen LogP contribution in [0.25, 0.3) is 0 Å². The number of likely N-dealkylation sites (tertiary alicyclic amines) is 2. The highest BCUT2D eigenvalue weighted by Crippen LogP contribution is 2.42. The molecule has 150 valence electrons. The molecule has 2 atom stereocenters. The number of hydrogen-bond acceptors (Lipinski definition) is 4. The number of hydrogen-bond donors (Lipinski definition) is 1. The van der Waals surface area contributed by atoms with E-state index in [0.29, 0.717) is 19.5 Å². The van der Waals surface area contributed by atoms with Crippen LogP contribution in [0.5, 0.6) is 0 Å². The highest BCUT2D eigenvalue weighted by Gasteiger charge is 2.51. The van der Waals surface area contributed by atoms with Crippen molar-refractivity contribution < 1.29 is 18.3 Å². The Hall–Kier alpha value is -0.950. The van der Waals surface area contributed by atoms with Crippen LogP contribution in [0.2, 0.25) is 0 Å². The zero-order chi connectivity index (χ0) is 19.2. The maximum absolute atomic E-state index is 14.0. The standard InChI is InChI=1S/C19H33F2N3O2/c1-17(2,3)26-16(25)24-11-5-7-18(24)9-12-23(13-10-18)14-6-4-8-19(20,21)15(14)22/h14-15H,4-13,22H2,1-3H3/t14-,15+/m0/s1. The molecule has 7 heteroatoms. The van der Waals surface area contributed by atoms with E-state index in [1.54, 1.807) is 0 Å². The third kappa shape index (κ3) is 3.84. The Kier molecular flexibility index (Phi) is 5.25. The Bertz CT molecular complexity index is 527. The normalized spacial score (nSPS) is 32.0. The van der Waals surface area contributed by atoms with Gasteiger partial charge in [0.25, 0.3) is 5.92 Å². The van der Waals surface area contributed by atoms with Crippen molar-refractivity contribution in [3.05, 3.63) is 0 Å². The largest absolute Gasteiger partial charge is 0.444 e. The topological polar surface area (TPSA) is 58.8 Å². The Morgan fingerprint density at radius 1 is 1.08 bits per heavy atom. The van der Waals surface area contributed by atoms with Crippen molar-refractivity contribution in [1.82, 2.24) is 9.80 Å². The van der Waals surface area contributed by atoms with Gasteiger partial charge in [-0.3, -0.25) is 4.90 Å². The zero-order valence-electron chi connectivity index (χ0n) is 16.3. The van der Waals surface area contributed by atoms with Crippen molar-refractivity contribution in [2.75, 3.05) is 19.6 Å². The average Bonchev–Trinajstić information content (AvgIpc) is 2.93. The molecule has 0 bridgehead atoms. The van der Waals surface area contributed by atoms with Crippen LogP contribution in [0.3, 0.4) is 0 Å². The molecule has 2 N–H and O–H groups in total. The molecule has 3 fully saturated rings. The molecule has 1 amide bonds. The Morgan fingerprint density at radius 3 is 2.35 bits per heavy atom. The number of carbonyl (C=O) groups excluding carboxylic acids is 1. The number of halogens is 2. The summed E-state index contributed by atoms with van der Waals surface area (Å²) in [4.78, 5) is 16.7. The molecule has 3 rings (SSSR count). The van der Waals surface area contributed by atoms with E-state index >= 15 is 0 Å². The Labute approximate surface area is 155 Å². The number of carbonyl (C=O) groups is 1. The number of nitrogens with two attached hydrogens (primary N) is 1. The summed E-state index contributed by atoms with van der Waals surface area (Å²) in [6, 6.07) is -1.34. The van der Waals surface area contributed by atoms with Gasteiger partial charge in [0, 0.05) is 37.6 Å². The molecular weight excluding hydrogens is 340 g/mol. The summed E-state index contributed by atoms with van der Waals surface area (Å²) in [6.07, 6.45) is 4.46. The van der Waals surface area contributed by atoms with Gasteiger partial charge < -0.3 is 15.4 Å². The molecule has 26 heavy (non-hydrogen) atoms. The predicted molar refractivity (Wildman–Crippen MR) is 96.3 cm³/mol. The SMILES string of the molecule is CC(C)(C)OC(=O)N1CCCC12CCN([C@H]1CCCC(F)(F)[C@@H]1N)CC2. The Morgan fingerprint density at radius 2 is 1.73 bits per heavy atom. The minimum atomic E-state index is -2.77. The third-order valence-electron chi connectivity index (χ3n) is 6.32. The first-order chi connectivity index (χ1) is 12.0. The van der Waals surface area contributed by atoms with Crippen LogP contribution in [0.15, 0.2) is 0 Å². The molecule has 2 aliphatic heterocycles. The van der Waals surface area contributed by atoms with Crippen molar-refractivity contribution in [3.63, 3.8) is 0 Å². The molecule has 2 saturated heterocycles. The van der Waals surface area contributed by atoms with E-state index in [-0.39, 0.29) is 24.1 Å². The number of alkyl halides is 2. The minimum Gasteiger partial charge on any atom is -0.444 e. The molecule has 2 heterocycles. The quantitative estimate of drug-likeness (QED) is 0.766. The summed E-state index contributed by atoms with van der Waals surface area (Å²) in [5.41, 5.74) is 5.21. The molecule has 1 spiro atoms. The maximum Gasteiger partial charge on any atom is 0.410 e. The number of ether oxygens (including phenoxy) is 1. The van der Waals surface area contributed by atoms with Crippen molar-refractivity contribution in [3.8, 4) is 0 Å².